The van der Waals surface area contributed by atoms with E-state index in [4.69, 9.17) is 16.1 Å². The minimum Gasteiger partial charge on any atom is -0.429 e. The summed E-state index contributed by atoms with van der Waals surface area (Å²) in [5.74, 6) is 0.526. The van der Waals surface area contributed by atoms with Crippen molar-refractivity contribution in [2.45, 2.75) is 13.8 Å². The van der Waals surface area contributed by atoms with Gasteiger partial charge in [-0.3, -0.25) is 4.57 Å². The zero-order valence-electron chi connectivity index (χ0n) is 11.7. The molecule has 1 unspecified atom stereocenters. The Hall–Kier alpha value is -1.44. The van der Waals surface area contributed by atoms with Crippen LogP contribution in [0.1, 0.15) is 11.1 Å². The highest BCUT2D eigenvalue weighted by atomic mass is 35.5. The molecule has 0 bridgehead atoms. The molecular weight excluding hydrogens is 293 g/mol. The third-order valence-electron chi connectivity index (χ3n) is 2.81. The SMILES string of the molecule is Cc1ccc(C)c(NP(C)(=O)Oc2ccc(Cl)cc2)c1. The lowest BCUT2D eigenvalue weighted by Gasteiger charge is -2.19. The van der Waals surface area contributed by atoms with Gasteiger partial charge in [0.05, 0.1) is 0 Å². The van der Waals surface area contributed by atoms with E-state index < -0.39 is 7.52 Å². The number of nitrogens with one attached hydrogen (secondary N) is 1. The molecule has 106 valence electrons. The van der Waals surface area contributed by atoms with E-state index in [0.717, 1.165) is 16.8 Å². The molecule has 20 heavy (non-hydrogen) atoms. The third-order valence-corrected chi connectivity index (χ3v) is 4.27. The minimum absolute atomic E-state index is 0.526. The van der Waals surface area contributed by atoms with Crippen LogP contribution in [-0.4, -0.2) is 6.66 Å². The third kappa shape index (κ3) is 4.03. The molecule has 0 saturated carbocycles. The molecule has 1 atom stereocenters. The summed E-state index contributed by atoms with van der Waals surface area (Å²) < 4.78 is 18.1. The molecule has 0 aliphatic heterocycles. The van der Waals surface area contributed by atoms with E-state index in [2.05, 4.69) is 5.09 Å². The fraction of sp³-hybridized carbons (Fsp3) is 0.200. The molecule has 0 fully saturated rings. The summed E-state index contributed by atoms with van der Waals surface area (Å²) in [6.07, 6.45) is 0. The van der Waals surface area contributed by atoms with E-state index in [1.165, 1.54) is 0 Å². The molecule has 0 saturated heterocycles. The average molecular weight is 310 g/mol. The first-order valence-electron chi connectivity index (χ1n) is 6.24. The fourth-order valence-electron chi connectivity index (χ4n) is 1.79. The number of hydrogen-bond donors (Lipinski definition) is 1. The van der Waals surface area contributed by atoms with E-state index in [0.29, 0.717) is 10.8 Å². The monoisotopic (exact) mass is 309 g/mol. The van der Waals surface area contributed by atoms with Crippen molar-refractivity contribution >= 4 is 24.8 Å². The first-order chi connectivity index (χ1) is 9.35. The lowest BCUT2D eigenvalue weighted by atomic mass is 10.1. The lowest BCUT2D eigenvalue weighted by molar-refractivity contribution is 0.493. The molecule has 0 aliphatic rings. The van der Waals surface area contributed by atoms with Crippen molar-refractivity contribution < 1.29 is 9.09 Å². The van der Waals surface area contributed by atoms with Crippen molar-refractivity contribution in [3.8, 4) is 5.75 Å². The van der Waals surface area contributed by atoms with Gasteiger partial charge < -0.3 is 9.61 Å². The quantitative estimate of drug-likeness (QED) is 0.782. The van der Waals surface area contributed by atoms with Crippen molar-refractivity contribution in [3.63, 3.8) is 0 Å². The Morgan fingerprint density at radius 2 is 1.75 bits per heavy atom. The molecule has 3 nitrogen and oxygen atoms in total. The Morgan fingerprint density at radius 1 is 1.10 bits per heavy atom. The van der Waals surface area contributed by atoms with Crippen LogP contribution in [0.2, 0.25) is 5.02 Å². The van der Waals surface area contributed by atoms with E-state index >= 15 is 0 Å². The van der Waals surface area contributed by atoms with Crippen molar-refractivity contribution in [2.24, 2.45) is 0 Å². The molecule has 0 spiro atoms. The number of aryl methyl sites for hydroxylation is 2. The standard InChI is InChI=1S/C15H17ClNO2P/c1-11-4-5-12(2)15(10-11)17-20(3,18)19-14-8-6-13(16)7-9-14/h4-10H,1-3H3,(H,17,18). The maximum absolute atomic E-state index is 12.5. The number of rotatable bonds is 4. The van der Waals surface area contributed by atoms with Crippen LogP contribution in [0.4, 0.5) is 5.69 Å². The van der Waals surface area contributed by atoms with Gasteiger partial charge in [-0.05, 0) is 55.3 Å². The summed E-state index contributed by atoms with van der Waals surface area (Å²) >= 11 is 5.81. The first kappa shape index (κ1) is 15.0. The van der Waals surface area contributed by atoms with Gasteiger partial charge in [-0.25, -0.2) is 0 Å². The molecule has 0 heterocycles. The summed E-state index contributed by atoms with van der Waals surface area (Å²) in [6, 6.07) is 12.8. The van der Waals surface area contributed by atoms with E-state index in [1.54, 1.807) is 30.9 Å². The van der Waals surface area contributed by atoms with E-state index in [9.17, 15) is 4.57 Å². The van der Waals surface area contributed by atoms with Crippen LogP contribution in [-0.2, 0) is 4.57 Å². The zero-order chi connectivity index (χ0) is 14.8. The van der Waals surface area contributed by atoms with Gasteiger partial charge in [0.25, 0.3) is 0 Å². The van der Waals surface area contributed by atoms with Gasteiger partial charge in [-0.1, -0.05) is 23.7 Å². The second kappa shape index (κ2) is 5.90. The van der Waals surface area contributed by atoms with Gasteiger partial charge in [0, 0.05) is 17.4 Å². The molecule has 2 rings (SSSR count). The molecule has 0 radical (unpaired) electrons. The summed E-state index contributed by atoms with van der Waals surface area (Å²) in [5.41, 5.74) is 2.95. The van der Waals surface area contributed by atoms with Crippen molar-refractivity contribution in [1.82, 2.24) is 0 Å². The summed E-state index contributed by atoms with van der Waals surface area (Å²) in [5, 5.41) is 3.61. The number of anilines is 1. The van der Waals surface area contributed by atoms with Gasteiger partial charge in [-0.15, -0.1) is 0 Å². The Labute approximate surface area is 124 Å². The normalized spacial score (nSPS) is 13.6. The van der Waals surface area contributed by atoms with Gasteiger partial charge in [-0.2, -0.15) is 0 Å². The van der Waals surface area contributed by atoms with Crippen LogP contribution in [0.5, 0.6) is 5.75 Å². The molecule has 2 aromatic rings. The Balaban J connectivity index is 2.16. The highest BCUT2D eigenvalue weighted by Crippen LogP contribution is 2.44. The Morgan fingerprint density at radius 3 is 2.40 bits per heavy atom. The fourth-order valence-corrected chi connectivity index (χ4v) is 3.17. The van der Waals surface area contributed by atoms with Crippen molar-refractivity contribution in [2.75, 3.05) is 11.8 Å². The van der Waals surface area contributed by atoms with Crippen LogP contribution >= 0.6 is 19.1 Å². The highest BCUT2D eigenvalue weighted by Gasteiger charge is 2.18. The predicted molar refractivity (Wildman–Crippen MR) is 85.1 cm³/mol. The van der Waals surface area contributed by atoms with E-state index in [1.807, 2.05) is 32.0 Å². The van der Waals surface area contributed by atoms with Gasteiger partial charge >= 0.3 is 7.52 Å². The van der Waals surface area contributed by atoms with Crippen molar-refractivity contribution in [3.05, 3.63) is 58.6 Å². The molecule has 0 aromatic heterocycles. The number of hydrogen-bond acceptors (Lipinski definition) is 2. The molecular formula is C15H17ClNO2P. The van der Waals surface area contributed by atoms with Crippen LogP contribution in [0.25, 0.3) is 0 Å². The molecule has 0 aliphatic carbocycles. The second-order valence-corrected chi connectivity index (χ2v) is 7.36. The summed E-state index contributed by atoms with van der Waals surface area (Å²) in [4.78, 5) is 0. The second-order valence-electron chi connectivity index (χ2n) is 4.82. The Kier molecular flexibility index (Phi) is 4.42. The molecule has 1 N–H and O–H groups in total. The topological polar surface area (TPSA) is 38.3 Å². The summed E-state index contributed by atoms with van der Waals surface area (Å²) in [7, 11) is -2.99. The van der Waals surface area contributed by atoms with Gasteiger partial charge in [0.1, 0.15) is 5.75 Å². The van der Waals surface area contributed by atoms with Crippen LogP contribution in [0, 0.1) is 13.8 Å². The number of halogens is 1. The maximum atomic E-state index is 12.5. The van der Waals surface area contributed by atoms with Crippen LogP contribution in [0.3, 0.4) is 0 Å². The van der Waals surface area contributed by atoms with Gasteiger partial charge in [0.15, 0.2) is 0 Å². The van der Waals surface area contributed by atoms with Crippen LogP contribution in [0.15, 0.2) is 42.5 Å². The average Bonchev–Trinajstić information content (AvgIpc) is 2.36. The maximum Gasteiger partial charge on any atom is 0.338 e. The van der Waals surface area contributed by atoms with Gasteiger partial charge in [0.2, 0.25) is 0 Å². The van der Waals surface area contributed by atoms with E-state index in [-0.39, 0.29) is 0 Å². The Bertz CT molecular complexity index is 655. The zero-order valence-corrected chi connectivity index (χ0v) is 13.3. The number of benzene rings is 2. The molecule has 2 aromatic carbocycles. The smallest absolute Gasteiger partial charge is 0.338 e. The summed E-state index contributed by atoms with van der Waals surface area (Å²) in [6.45, 7) is 5.51. The highest BCUT2D eigenvalue weighted by molar-refractivity contribution is 7.60. The van der Waals surface area contributed by atoms with Crippen molar-refractivity contribution in [1.29, 1.82) is 0 Å². The lowest BCUT2D eigenvalue weighted by Crippen LogP contribution is -2.03. The molecule has 0 amide bonds. The first-order valence-corrected chi connectivity index (χ1v) is 8.69. The molecule has 5 heteroatoms. The van der Waals surface area contributed by atoms with Crippen LogP contribution < -0.4 is 9.61 Å². The minimum atomic E-state index is -2.99. The predicted octanol–water partition coefficient (Wildman–Crippen LogP) is 5.27. The largest absolute Gasteiger partial charge is 0.429 e.